The average molecular weight is 464 g/mol. The van der Waals surface area contributed by atoms with Gasteiger partial charge >= 0.3 is 5.97 Å². The predicted octanol–water partition coefficient (Wildman–Crippen LogP) is 1.94. The van der Waals surface area contributed by atoms with Crippen molar-refractivity contribution in [1.29, 1.82) is 0 Å². The second-order valence-corrected chi connectivity index (χ2v) is 8.00. The Bertz CT molecular complexity index is 1300. The van der Waals surface area contributed by atoms with Crippen LogP contribution in [-0.4, -0.2) is 44.1 Å². The molecule has 1 aliphatic rings. The van der Waals surface area contributed by atoms with Gasteiger partial charge in [0.1, 0.15) is 23.5 Å². The first-order chi connectivity index (χ1) is 16.2. The van der Waals surface area contributed by atoms with Crippen LogP contribution in [0.25, 0.3) is 0 Å². The molecule has 0 aliphatic heterocycles. The maximum atomic E-state index is 13.4. The zero-order valence-corrected chi connectivity index (χ0v) is 18.1. The summed E-state index contributed by atoms with van der Waals surface area (Å²) >= 11 is 0. The second kappa shape index (κ2) is 9.36. The van der Waals surface area contributed by atoms with Gasteiger partial charge < -0.3 is 20.8 Å². The molecule has 1 aromatic heterocycles. The van der Waals surface area contributed by atoms with Crippen molar-refractivity contribution in [3.63, 3.8) is 0 Å². The molecule has 3 aromatic rings. The Kier molecular flexibility index (Phi) is 6.33. The molecule has 0 bridgehead atoms. The highest BCUT2D eigenvalue weighted by atomic mass is 19.1. The van der Waals surface area contributed by atoms with Crippen LogP contribution in [0.15, 0.2) is 48.8 Å². The summed E-state index contributed by atoms with van der Waals surface area (Å²) in [6.45, 7) is 1.77. The molecule has 10 heteroatoms. The molecule has 2 amide bonds. The van der Waals surface area contributed by atoms with E-state index >= 15 is 0 Å². The largest absolute Gasteiger partial charge is 0.478 e. The molecule has 1 aliphatic carbocycles. The fourth-order valence-electron chi connectivity index (χ4n) is 3.85. The maximum Gasteiger partial charge on any atom is 0.335 e. The monoisotopic (exact) mass is 464 g/mol. The molecule has 2 aromatic carbocycles. The van der Waals surface area contributed by atoms with Gasteiger partial charge in [0.15, 0.2) is 0 Å². The van der Waals surface area contributed by atoms with Gasteiger partial charge in [0, 0.05) is 19.0 Å². The predicted molar refractivity (Wildman–Crippen MR) is 118 cm³/mol. The minimum Gasteiger partial charge on any atom is -0.478 e. The first-order valence-corrected chi connectivity index (χ1v) is 10.4. The molecule has 9 nitrogen and oxygen atoms in total. The van der Waals surface area contributed by atoms with E-state index in [2.05, 4.69) is 20.6 Å². The summed E-state index contributed by atoms with van der Waals surface area (Å²) in [6, 6.07) is 9.44. The first-order valence-electron chi connectivity index (χ1n) is 10.4. The fraction of sp³-hybridized carbons (Fsp3) is 0.208. The van der Waals surface area contributed by atoms with Crippen LogP contribution in [0.4, 0.5) is 4.39 Å². The average Bonchev–Trinajstić information content (AvgIpc) is 3.13. The number of hydrogen-bond donors (Lipinski definition) is 4. The summed E-state index contributed by atoms with van der Waals surface area (Å²) in [5.74, 6) is -2.57. The Labute approximate surface area is 193 Å². The third-order valence-corrected chi connectivity index (χ3v) is 5.63. The van der Waals surface area contributed by atoms with Crippen molar-refractivity contribution in [2.75, 3.05) is 0 Å². The fourth-order valence-corrected chi connectivity index (χ4v) is 3.85. The number of amides is 2. The van der Waals surface area contributed by atoms with Crippen molar-refractivity contribution in [2.45, 2.75) is 32.0 Å². The molecule has 1 heterocycles. The summed E-state index contributed by atoms with van der Waals surface area (Å²) in [4.78, 5) is 44.3. The number of carboxylic acid groups (broad SMARTS) is 1. The number of aromatic carboxylic acids is 1. The lowest BCUT2D eigenvalue weighted by atomic mass is 10.0. The van der Waals surface area contributed by atoms with Crippen LogP contribution in [0.5, 0.6) is 0 Å². The third kappa shape index (κ3) is 4.76. The molecule has 0 unspecified atom stereocenters. The van der Waals surface area contributed by atoms with E-state index in [1.807, 2.05) is 0 Å². The lowest BCUT2D eigenvalue weighted by Crippen LogP contribution is -2.34. The normalized spacial score (nSPS) is 16.6. The number of carbonyl (C=O) groups is 3. The van der Waals surface area contributed by atoms with Gasteiger partial charge in [-0.1, -0.05) is 18.2 Å². The molecule has 4 N–H and O–H groups in total. The molecular formula is C24H21FN4O5. The number of aliphatic hydroxyl groups is 1. The van der Waals surface area contributed by atoms with Crippen molar-refractivity contribution < 1.29 is 29.0 Å². The number of nitrogens with one attached hydrogen (secondary N) is 2. The van der Waals surface area contributed by atoms with E-state index in [0.29, 0.717) is 22.3 Å². The number of rotatable bonds is 6. The van der Waals surface area contributed by atoms with E-state index in [4.69, 9.17) is 5.11 Å². The summed E-state index contributed by atoms with van der Waals surface area (Å²) in [5, 5.41) is 24.9. The van der Waals surface area contributed by atoms with Gasteiger partial charge in [0.2, 0.25) is 0 Å². The van der Waals surface area contributed by atoms with Crippen LogP contribution in [0.3, 0.4) is 0 Å². The maximum absolute atomic E-state index is 13.4. The van der Waals surface area contributed by atoms with Crippen LogP contribution in [-0.2, 0) is 13.0 Å². The number of carboxylic acids is 1. The van der Waals surface area contributed by atoms with E-state index < -0.39 is 29.9 Å². The highest BCUT2D eigenvalue weighted by molar-refractivity contribution is 5.97. The number of nitrogens with zero attached hydrogens (tertiary/aromatic N) is 2. The van der Waals surface area contributed by atoms with Gasteiger partial charge in [-0.05, 0) is 47.4 Å². The second-order valence-electron chi connectivity index (χ2n) is 8.00. The highest BCUT2D eigenvalue weighted by Crippen LogP contribution is 2.32. The van der Waals surface area contributed by atoms with Crippen LogP contribution < -0.4 is 10.6 Å². The van der Waals surface area contributed by atoms with Gasteiger partial charge in [-0.15, -0.1) is 0 Å². The Balaban J connectivity index is 1.44. The van der Waals surface area contributed by atoms with Crippen molar-refractivity contribution in [2.24, 2.45) is 0 Å². The zero-order chi connectivity index (χ0) is 24.4. The lowest BCUT2D eigenvalue weighted by Gasteiger charge is -2.18. The lowest BCUT2D eigenvalue weighted by molar-refractivity contribution is 0.0696. The number of fused-ring (bicyclic) bond motifs is 1. The quantitative estimate of drug-likeness (QED) is 0.437. The molecule has 0 fully saturated rings. The molecule has 0 saturated carbocycles. The van der Waals surface area contributed by atoms with E-state index in [1.54, 1.807) is 25.1 Å². The smallest absolute Gasteiger partial charge is 0.335 e. The molecule has 0 spiro atoms. The topological polar surface area (TPSA) is 142 Å². The number of aliphatic hydroxyl groups excluding tert-OH is 1. The number of benzene rings is 2. The highest BCUT2D eigenvalue weighted by Gasteiger charge is 2.33. The molecule has 0 saturated heterocycles. The van der Waals surface area contributed by atoms with Crippen LogP contribution in [0.1, 0.15) is 59.6 Å². The van der Waals surface area contributed by atoms with Crippen molar-refractivity contribution in [3.8, 4) is 0 Å². The standard InChI is InChI=1S/C24H21FN4O5/c1-12-6-13(2-5-17(12)25)10-26-22(31)18-9-19(28-11-27-18)23(32)29-21-16-4-3-14(24(33)34)7-15(16)8-20(21)30/h2-7,9,11,20-21,30H,8,10H2,1H3,(H,26,31)(H,29,32)(H,33,34)/t20-,21-/m1/s1. The van der Waals surface area contributed by atoms with Crippen LogP contribution in [0.2, 0.25) is 0 Å². The summed E-state index contributed by atoms with van der Waals surface area (Å²) in [5.41, 5.74) is 2.42. The molecule has 34 heavy (non-hydrogen) atoms. The number of aromatic nitrogens is 2. The SMILES string of the molecule is Cc1cc(CNC(=O)c2cc(C(=O)N[C@@H]3c4ccc(C(=O)O)cc4C[C@H]3O)ncn2)ccc1F. The van der Waals surface area contributed by atoms with Gasteiger partial charge in [-0.3, -0.25) is 9.59 Å². The molecule has 4 rings (SSSR count). The molecule has 2 atom stereocenters. The summed E-state index contributed by atoms with van der Waals surface area (Å²) in [7, 11) is 0. The molecule has 0 radical (unpaired) electrons. The van der Waals surface area contributed by atoms with Gasteiger partial charge in [0.25, 0.3) is 11.8 Å². The Morgan fingerprint density at radius 1 is 1.06 bits per heavy atom. The minimum atomic E-state index is -1.08. The van der Waals surface area contributed by atoms with Crippen LogP contribution >= 0.6 is 0 Å². The van der Waals surface area contributed by atoms with Crippen molar-refractivity contribution in [1.82, 2.24) is 20.6 Å². The van der Waals surface area contributed by atoms with Crippen LogP contribution in [0, 0.1) is 12.7 Å². The third-order valence-electron chi connectivity index (χ3n) is 5.63. The Hall–Kier alpha value is -4.18. The summed E-state index contributed by atoms with van der Waals surface area (Å²) < 4.78 is 13.4. The number of halogens is 1. The van der Waals surface area contributed by atoms with E-state index in [9.17, 15) is 23.9 Å². The molecule has 174 valence electrons. The van der Waals surface area contributed by atoms with E-state index in [1.165, 1.54) is 24.3 Å². The number of hydrogen-bond acceptors (Lipinski definition) is 6. The number of aryl methyl sites for hydroxylation is 1. The zero-order valence-electron chi connectivity index (χ0n) is 18.1. The molecular weight excluding hydrogens is 443 g/mol. The first kappa shape index (κ1) is 23.0. The van der Waals surface area contributed by atoms with E-state index in [0.717, 1.165) is 6.33 Å². The van der Waals surface area contributed by atoms with Crippen molar-refractivity contribution >= 4 is 17.8 Å². The van der Waals surface area contributed by atoms with Gasteiger partial charge in [-0.2, -0.15) is 0 Å². The minimum absolute atomic E-state index is 0.0301. The number of carbonyl (C=O) groups excluding carboxylic acids is 2. The Morgan fingerprint density at radius 2 is 1.79 bits per heavy atom. The van der Waals surface area contributed by atoms with Gasteiger partial charge in [0.05, 0.1) is 17.7 Å². The van der Waals surface area contributed by atoms with E-state index in [-0.39, 0.29) is 35.7 Å². The van der Waals surface area contributed by atoms with Gasteiger partial charge in [-0.25, -0.2) is 19.2 Å². The summed E-state index contributed by atoms with van der Waals surface area (Å²) in [6.07, 6.45) is 0.345. The Morgan fingerprint density at radius 3 is 2.50 bits per heavy atom. The van der Waals surface area contributed by atoms with Crippen molar-refractivity contribution in [3.05, 3.63) is 93.8 Å².